The molecule has 0 aliphatic heterocycles. The standard InChI is InChI=1S/C16H16F2INO/c1-10-9-12(19)7-8-14(10)20-11(2)13-5-3-4-6-15(13)21-16(17)18/h3-9,11,16,20H,1-2H3. The predicted molar refractivity (Wildman–Crippen MR) is 89.0 cm³/mol. The van der Waals surface area contributed by atoms with Crippen molar-refractivity contribution in [2.24, 2.45) is 0 Å². The largest absolute Gasteiger partial charge is 0.434 e. The number of hydrogen-bond donors (Lipinski definition) is 1. The minimum Gasteiger partial charge on any atom is -0.434 e. The summed E-state index contributed by atoms with van der Waals surface area (Å²) in [6.45, 7) is 1.11. The molecule has 1 atom stereocenters. The molecule has 2 rings (SSSR count). The zero-order chi connectivity index (χ0) is 15.4. The van der Waals surface area contributed by atoms with E-state index in [2.05, 4.69) is 38.7 Å². The van der Waals surface area contributed by atoms with Crippen LogP contribution in [-0.2, 0) is 0 Å². The molecule has 0 saturated heterocycles. The summed E-state index contributed by atoms with van der Waals surface area (Å²) in [5.41, 5.74) is 2.80. The molecule has 2 aromatic rings. The Morgan fingerprint density at radius 2 is 1.86 bits per heavy atom. The van der Waals surface area contributed by atoms with Gasteiger partial charge in [0.1, 0.15) is 5.75 Å². The summed E-state index contributed by atoms with van der Waals surface area (Å²) in [4.78, 5) is 0. The highest BCUT2D eigenvalue weighted by atomic mass is 127. The molecule has 112 valence electrons. The molecule has 0 radical (unpaired) electrons. The number of alkyl halides is 2. The number of para-hydroxylation sites is 1. The molecule has 21 heavy (non-hydrogen) atoms. The molecule has 2 nitrogen and oxygen atoms in total. The second-order valence-electron chi connectivity index (χ2n) is 4.74. The molecular formula is C16H16F2INO. The number of anilines is 1. The van der Waals surface area contributed by atoms with Gasteiger partial charge in [0.15, 0.2) is 0 Å². The van der Waals surface area contributed by atoms with Gasteiger partial charge in [-0.15, -0.1) is 0 Å². The second-order valence-corrected chi connectivity index (χ2v) is 5.99. The van der Waals surface area contributed by atoms with Crippen molar-refractivity contribution in [1.29, 1.82) is 0 Å². The Bertz CT molecular complexity index is 619. The average molecular weight is 403 g/mol. The Balaban J connectivity index is 2.22. The topological polar surface area (TPSA) is 21.3 Å². The lowest BCUT2D eigenvalue weighted by Crippen LogP contribution is -2.11. The minimum atomic E-state index is -2.82. The van der Waals surface area contributed by atoms with Gasteiger partial charge in [-0.3, -0.25) is 0 Å². The molecule has 0 bridgehead atoms. The maximum atomic E-state index is 12.5. The van der Waals surface area contributed by atoms with Gasteiger partial charge in [-0.05, 0) is 66.3 Å². The maximum absolute atomic E-state index is 12.5. The van der Waals surface area contributed by atoms with Crippen molar-refractivity contribution >= 4 is 28.3 Å². The smallest absolute Gasteiger partial charge is 0.387 e. The Morgan fingerprint density at radius 1 is 1.14 bits per heavy atom. The molecule has 0 aliphatic rings. The lowest BCUT2D eigenvalue weighted by atomic mass is 10.1. The highest BCUT2D eigenvalue weighted by Crippen LogP contribution is 2.30. The van der Waals surface area contributed by atoms with Crippen LogP contribution in [0.1, 0.15) is 24.1 Å². The summed E-state index contributed by atoms with van der Waals surface area (Å²) in [6.07, 6.45) is 0. The summed E-state index contributed by atoms with van der Waals surface area (Å²) in [7, 11) is 0. The summed E-state index contributed by atoms with van der Waals surface area (Å²) in [5.74, 6) is 0.204. The SMILES string of the molecule is Cc1cc(I)ccc1NC(C)c1ccccc1OC(F)F. The van der Waals surface area contributed by atoms with Crippen LogP contribution in [0.2, 0.25) is 0 Å². The lowest BCUT2D eigenvalue weighted by Gasteiger charge is -2.20. The molecule has 1 N–H and O–H groups in total. The van der Waals surface area contributed by atoms with E-state index >= 15 is 0 Å². The first kappa shape index (κ1) is 16.0. The van der Waals surface area contributed by atoms with Crippen molar-refractivity contribution < 1.29 is 13.5 Å². The third-order valence-electron chi connectivity index (χ3n) is 3.16. The van der Waals surface area contributed by atoms with E-state index < -0.39 is 6.61 Å². The molecule has 0 aliphatic carbocycles. The Hall–Kier alpha value is -1.37. The summed E-state index contributed by atoms with van der Waals surface area (Å²) < 4.78 is 30.6. The minimum absolute atomic E-state index is 0.140. The van der Waals surface area contributed by atoms with Crippen LogP contribution in [0.25, 0.3) is 0 Å². The van der Waals surface area contributed by atoms with Crippen molar-refractivity contribution in [1.82, 2.24) is 0 Å². The lowest BCUT2D eigenvalue weighted by molar-refractivity contribution is -0.0505. The zero-order valence-electron chi connectivity index (χ0n) is 11.7. The summed E-state index contributed by atoms with van der Waals surface area (Å²) in [5, 5.41) is 3.34. The van der Waals surface area contributed by atoms with Gasteiger partial charge < -0.3 is 10.1 Å². The van der Waals surface area contributed by atoms with Gasteiger partial charge in [0.2, 0.25) is 0 Å². The predicted octanol–water partition coefficient (Wildman–Crippen LogP) is 5.37. The molecule has 5 heteroatoms. The van der Waals surface area contributed by atoms with Crippen molar-refractivity contribution in [2.75, 3.05) is 5.32 Å². The maximum Gasteiger partial charge on any atom is 0.387 e. The van der Waals surface area contributed by atoms with Crippen LogP contribution in [0, 0.1) is 10.5 Å². The third-order valence-corrected chi connectivity index (χ3v) is 3.83. The van der Waals surface area contributed by atoms with Crippen molar-refractivity contribution in [3.05, 3.63) is 57.2 Å². The van der Waals surface area contributed by atoms with Crippen LogP contribution in [-0.4, -0.2) is 6.61 Å². The van der Waals surface area contributed by atoms with Crippen molar-refractivity contribution in [2.45, 2.75) is 26.5 Å². The van der Waals surface area contributed by atoms with Gasteiger partial charge in [0, 0.05) is 14.8 Å². The quantitative estimate of drug-likeness (QED) is 0.678. The molecular weight excluding hydrogens is 387 g/mol. The fourth-order valence-corrected chi connectivity index (χ4v) is 2.79. The van der Waals surface area contributed by atoms with Gasteiger partial charge in [0.05, 0.1) is 6.04 Å². The molecule has 0 aromatic heterocycles. The van der Waals surface area contributed by atoms with Crippen LogP contribution in [0.3, 0.4) is 0 Å². The normalized spacial score (nSPS) is 12.3. The first-order valence-corrected chi connectivity index (χ1v) is 7.61. The summed E-state index contributed by atoms with van der Waals surface area (Å²) in [6, 6.07) is 12.8. The van der Waals surface area contributed by atoms with Crippen LogP contribution >= 0.6 is 22.6 Å². The average Bonchev–Trinajstić information content (AvgIpc) is 2.42. The monoisotopic (exact) mass is 403 g/mol. The number of hydrogen-bond acceptors (Lipinski definition) is 2. The van der Waals surface area contributed by atoms with Gasteiger partial charge in [-0.2, -0.15) is 8.78 Å². The van der Waals surface area contributed by atoms with E-state index in [0.717, 1.165) is 14.8 Å². The van der Waals surface area contributed by atoms with E-state index in [1.54, 1.807) is 18.2 Å². The van der Waals surface area contributed by atoms with Gasteiger partial charge in [0.25, 0.3) is 0 Å². The van der Waals surface area contributed by atoms with E-state index in [0.29, 0.717) is 5.56 Å². The van der Waals surface area contributed by atoms with Crippen LogP contribution < -0.4 is 10.1 Å². The third kappa shape index (κ3) is 4.30. The number of nitrogens with one attached hydrogen (secondary N) is 1. The highest BCUT2D eigenvalue weighted by molar-refractivity contribution is 14.1. The van der Waals surface area contributed by atoms with E-state index in [9.17, 15) is 8.78 Å². The molecule has 0 fully saturated rings. The van der Waals surface area contributed by atoms with Gasteiger partial charge in [-0.25, -0.2) is 0 Å². The zero-order valence-corrected chi connectivity index (χ0v) is 13.9. The van der Waals surface area contributed by atoms with E-state index in [1.165, 1.54) is 0 Å². The first-order valence-electron chi connectivity index (χ1n) is 6.54. The molecule has 0 amide bonds. The fraction of sp³-hybridized carbons (Fsp3) is 0.250. The van der Waals surface area contributed by atoms with Crippen molar-refractivity contribution in [3.63, 3.8) is 0 Å². The molecule has 0 heterocycles. The number of rotatable bonds is 5. The number of benzene rings is 2. The molecule has 0 spiro atoms. The number of aryl methyl sites for hydroxylation is 1. The van der Waals surface area contributed by atoms with Crippen molar-refractivity contribution in [3.8, 4) is 5.75 Å². The Labute approximate surface area is 136 Å². The second kappa shape index (κ2) is 7.06. The van der Waals surface area contributed by atoms with Crippen LogP contribution in [0.5, 0.6) is 5.75 Å². The Kier molecular flexibility index (Phi) is 5.39. The van der Waals surface area contributed by atoms with E-state index in [1.807, 2.05) is 32.0 Å². The van der Waals surface area contributed by atoms with E-state index in [4.69, 9.17) is 0 Å². The molecule has 1 unspecified atom stereocenters. The fourth-order valence-electron chi connectivity index (χ4n) is 2.14. The molecule has 2 aromatic carbocycles. The van der Waals surface area contributed by atoms with Crippen LogP contribution in [0.15, 0.2) is 42.5 Å². The Morgan fingerprint density at radius 3 is 2.52 bits per heavy atom. The van der Waals surface area contributed by atoms with Crippen LogP contribution in [0.4, 0.5) is 14.5 Å². The highest BCUT2D eigenvalue weighted by Gasteiger charge is 2.15. The summed E-state index contributed by atoms with van der Waals surface area (Å²) >= 11 is 2.25. The number of ether oxygens (including phenoxy) is 1. The van der Waals surface area contributed by atoms with Gasteiger partial charge in [-0.1, -0.05) is 18.2 Å². The molecule has 0 saturated carbocycles. The van der Waals surface area contributed by atoms with Gasteiger partial charge >= 0.3 is 6.61 Å². The first-order chi connectivity index (χ1) is 9.97. The number of halogens is 3. The van der Waals surface area contributed by atoms with E-state index in [-0.39, 0.29) is 11.8 Å².